The van der Waals surface area contributed by atoms with Crippen LogP contribution in [0.25, 0.3) is 10.9 Å². The Bertz CT molecular complexity index is 1240. The van der Waals surface area contributed by atoms with Crippen molar-refractivity contribution in [1.82, 2.24) is 9.88 Å². The minimum Gasteiger partial charge on any atom is -0.493 e. The normalized spacial score (nSPS) is 21.0. The molecule has 10 nitrogen and oxygen atoms in total. The van der Waals surface area contributed by atoms with E-state index in [1.165, 1.54) is 21.3 Å². The number of benzene rings is 2. The van der Waals surface area contributed by atoms with Crippen molar-refractivity contribution in [3.8, 4) is 17.2 Å². The van der Waals surface area contributed by atoms with Crippen molar-refractivity contribution in [1.29, 1.82) is 0 Å². The topological polar surface area (TPSA) is 109 Å². The van der Waals surface area contributed by atoms with Crippen LogP contribution < -0.4 is 14.2 Å². The third-order valence-electron chi connectivity index (χ3n) is 6.31. The van der Waals surface area contributed by atoms with Gasteiger partial charge in [-0.1, -0.05) is 18.2 Å². The number of methoxy groups -OCH3 is 4. The number of carbonyl (C=O) groups excluding carboxylic acids is 2. The molecule has 5 rings (SSSR count). The molecule has 1 fully saturated rings. The molecule has 2 aliphatic rings. The van der Waals surface area contributed by atoms with Crippen LogP contribution in [0.2, 0.25) is 0 Å². The lowest BCUT2D eigenvalue weighted by molar-refractivity contribution is 0.0202. The molecular formula is C24H24N2O8. The van der Waals surface area contributed by atoms with E-state index in [4.69, 9.17) is 23.7 Å². The highest BCUT2D eigenvalue weighted by atomic mass is 16.7. The Morgan fingerprint density at radius 2 is 1.79 bits per heavy atom. The lowest BCUT2D eigenvalue weighted by Gasteiger charge is -2.40. The largest absolute Gasteiger partial charge is 0.513 e. The quantitative estimate of drug-likeness (QED) is 0.443. The van der Waals surface area contributed by atoms with Crippen molar-refractivity contribution >= 4 is 23.2 Å². The molecule has 1 saturated heterocycles. The van der Waals surface area contributed by atoms with Crippen LogP contribution in [0.5, 0.6) is 17.2 Å². The number of amides is 1. The van der Waals surface area contributed by atoms with E-state index in [2.05, 4.69) is 9.72 Å². The molecule has 3 heterocycles. The van der Waals surface area contributed by atoms with Crippen molar-refractivity contribution in [3.63, 3.8) is 0 Å². The standard InChI is InChI=1S/C24H24N2O8/c1-29-16-9-12(10-17(30-2)22(16)34-24(28)32-4)20-19-18(13-7-5-6-8-14(13)25-19)21(31-3)15-11-33-23(27)26(15)20/h5-10,15,20-21,25H,11H2,1-4H3/t15-,20-,21+/m1/s1. The summed E-state index contributed by atoms with van der Waals surface area (Å²) in [6.07, 6.45) is -1.74. The molecule has 3 aromatic rings. The molecular weight excluding hydrogens is 444 g/mol. The second kappa shape index (κ2) is 8.45. The highest BCUT2D eigenvalue weighted by Gasteiger charge is 2.51. The van der Waals surface area contributed by atoms with Crippen molar-refractivity contribution in [2.75, 3.05) is 35.0 Å². The van der Waals surface area contributed by atoms with Gasteiger partial charge in [0, 0.05) is 29.3 Å². The fraction of sp³-hybridized carbons (Fsp3) is 0.333. The number of nitrogens with zero attached hydrogens (tertiary/aromatic N) is 1. The first-order valence-electron chi connectivity index (χ1n) is 10.6. The summed E-state index contributed by atoms with van der Waals surface area (Å²) in [4.78, 5) is 29.9. The summed E-state index contributed by atoms with van der Waals surface area (Å²) in [5, 5.41) is 1.01. The summed E-state index contributed by atoms with van der Waals surface area (Å²) < 4.78 is 32.2. The zero-order chi connectivity index (χ0) is 24.0. The number of aromatic amines is 1. The summed E-state index contributed by atoms with van der Waals surface area (Å²) in [6, 6.07) is 10.4. The van der Waals surface area contributed by atoms with Gasteiger partial charge in [-0.05, 0) is 23.8 Å². The third kappa shape index (κ3) is 3.21. The maximum atomic E-state index is 12.9. The van der Waals surface area contributed by atoms with Crippen LogP contribution >= 0.6 is 0 Å². The molecule has 1 amide bonds. The number of fused-ring (bicyclic) bond motifs is 4. The molecule has 0 spiro atoms. The van der Waals surface area contributed by atoms with Crippen LogP contribution in [-0.2, 0) is 14.2 Å². The van der Waals surface area contributed by atoms with E-state index in [0.29, 0.717) is 5.56 Å². The van der Waals surface area contributed by atoms with Crippen LogP contribution in [0.15, 0.2) is 36.4 Å². The number of nitrogens with one attached hydrogen (secondary N) is 1. The maximum absolute atomic E-state index is 12.9. The Kier molecular flexibility index (Phi) is 5.45. The van der Waals surface area contributed by atoms with E-state index in [1.54, 1.807) is 24.1 Å². The van der Waals surface area contributed by atoms with E-state index in [1.807, 2.05) is 24.3 Å². The Morgan fingerprint density at radius 1 is 1.09 bits per heavy atom. The number of cyclic esters (lactones) is 1. The highest BCUT2D eigenvalue weighted by Crippen LogP contribution is 2.50. The van der Waals surface area contributed by atoms with Gasteiger partial charge in [-0.15, -0.1) is 0 Å². The predicted octanol–water partition coefficient (Wildman–Crippen LogP) is 3.94. The summed E-state index contributed by atoms with van der Waals surface area (Å²) in [7, 11) is 5.74. The van der Waals surface area contributed by atoms with Crippen molar-refractivity contribution in [3.05, 3.63) is 53.2 Å². The molecule has 178 valence electrons. The number of para-hydroxylation sites is 1. The maximum Gasteiger partial charge on any atom is 0.513 e. The zero-order valence-corrected chi connectivity index (χ0v) is 19.1. The molecule has 0 saturated carbocycles. The van der Waals surface area contributed by atoms with Gasteiger partial charge < -0.3 is 33.4 Å². The van der Waals surface area contributed by atoms with Crippen LogP contribution in [0.1, 0.15) is 29.0 Å². The van der Waals surface area contributed by atoms with Crippen LogP contribution in [-0.4, -0.2) is 63.2 Å². The van der Waals surface area contributed by atoms with Gasteiger partial charge in [0.25, 0.3) is 0 Å². The lowest BCUT2D eigenvalue weighted by atomic mass is 9.86. The van der Waals surface area contributed by atoms with E-state index < -0.39 is 18.3 Å². The van der Waals surface area contributed by atoms with E-state index >= 15 is 0 Å². The number of hydrogen-bond donors (Lipinski definition) is 1. The fourth-order valence-corrected chi connectivity index (χ4v) is 4.90. The summed E-state index contributed by atoms with van der Waals surface area (Å²) in [6.45, 7) is 0.199. The molecule has 34 heavy (non-hydrogen) atoms. The first kappa shape index (κ1) is 21.9. The third-order valence-corrected chi connectivity index (χ3v) is 6.31. The Hall–Kier alpha value is -3.92. The van der Waals surface area contributed by atoms with Crippen molar-refractivity contribution in [2.24, 2.45) is 0 Å². The van der Waals surface area contributed by atoms with E-state index in [-0.39, 0.29) is 36.0 Å². The second-order valence-electron chi connectivity index (χ2n) is 7.92. The van der Waals surface area contributed by atoms with Gasteiger partial charge in [0.1, 0.15) is 24.8 Å². The molecule has 1 aromatic heterocycles. The SMILES string of the molecule is COC(=O)Oc1c(OC)cc([C@@H]2c3[nH]c4ccccc4c3[C@@H](OC)[C@H]3COC(=O)N23)cc1OC. The Morgan fingerprint density at radius 3 is 2.44 bits per heavy atom. The first-order valence-corrected chi connectivity index (χ1v) is 10.6. The minimum absolute atomic E-state index is 0.0728. The molecule has 0 unspecified atom stereocenters. The minimum atomic E-state index is -0.911. The zero-order valence-electron chi connectivity index (χ0n) is 19.1. The lowest BCUT2D eigenvalue weighted by Crippen LogP contribution is -2.46. The Balaban J connectivity index is 1.74. The molecule has 3 atom stereocenters. The molecule has 0 radical (unpaired) electrons. The van der Waals surface area contributed by atoms with Crippen LogP contribution in [0, 0.1) is 0 Å². The number of H-pyrrole nitrogens is 1. The highest BCUT2D eigenvalue weighted by molar-refractivity contribution is 5.87. The van der Waals surface area contributed by atoms with Gasteiger partial charge in [0.05, 0.1) is 21.3 Å². The van der Waals surface area contributed by atoms with Gasteiger partial charge in [-0.2, -0.15) is 0 Å². The van der Waals surface area contributed by atoms with E-state index in [0.717, 1.165) is 22.2 Å². The van der Waals surface area contributed by atoms with Crippen molar-refractivity contribution < 1.29 is 38.0 Å². The summed E-state index contributed by atoms with van der Waals surface area (Å²) in [5.74, 6) is 0.564. The van der Waals surface area contributed by atoms with E-state index in [9.17, 15) is 9.59 Å². The number of rotatable bonds is 5. The second-order valence-corrected chi connectivity index (χ2v) is 7.92. The molecule has 1 N–H and O–H groups in total. The van der Waals surface area contributed by atoms with Crippen molar-refractivity contribution in [2.45, 2.75) is 18.2 Å². The smallest absolute Gasteiger partial charge is 0.493 e. The summed E-state index contributed by atoms with van der Waals surface area (Å²) in [5.41, 5.74) is 3.38. The summed E-state index contributed by atoms with van der Waals surface area (Å²) >= 11 is 0. The molecule has 0 aliphatic carbocycles. The average Bonchev–Trinajstić information content (AvgIpc) is 3.43. The van der Waals surface area contributed by atoms with Gasteiger partial charge >= 0.3 is 12.2 Å². The molecule has 2 aromatic carbocycles. The molecule has 0 bridgehead atoms. The number of aromatic nitrogens is 1. The van der Waals surface area contributed by atoms with Gasteiger partial charge in [0.2, 0.25) is 5.75 Å². The van der Waals surface area contributed by atoms with Gasteiger partial charge in [0.15, 0.2) is 11.5 Å². The molecule has 2 aliphatic heterocycles. The van der Waals surface area contributed by atoms with Crippen LogP contribution in [0.4, 0.5) is 9.59 Å². The number of carbonyl (C=O) groups is 2. The number of hydrogen-bond acceptors (Lipinski definition) is 8. The first-order chi connectivity index (χ1) is 16.5. The van der Waals surface area contributed by atoms with Crippen LogP contribution in [0.3, 0.4) is 0 Å². The number of ether oxygens (including phenoxy) is 6. The van der Waals surface area contributed by atoms with Gasteiger partial charge in [-0.3, -0.25) is 4.90 Å². The predicted molar refractivity (Wildman–Crippen MR) is 119 cm³/mol. The van der Waals surface area contributed by atoms with Gasteiger partial charge in [-0.25, -0.2) is 9.59 Å². The molecule has 10 heteroatoms. The monoisotopic (exact) mass is 468 g/mol. The fourth-order valence-electron chi connectivity index (χ4n) is 4.90. The average molecular weight is 468 g/mol. The Labute approximate surface area is 195 Å².